The SMILES string of the molecule is Clc1ccccc1NCCC1CCNC1. The monoisotopic (exact) mass is 224 g/mol. The van der Waals surface area contributed by atoms with Gasteiger partial charge in [0.15, 0.2) is 0 Å². The lowest BCUT2D eigenvalue weighted by Crippen LogP contribution is -2.12. The maximum Gasteiger partial charge on any atom is 0.0637 e. The zero-order valence-electron chi connectivity index (χ0n) is 8.80. The molecule has 1 fully saturated rings. The van der Waals surface area contributed by atoms with Crippen molar-refractivity contribution in [1.29, 1.82) is 0 Å². The third-order valence-electron chi connectivity index (χ3n) is 2.90. The van der Waals surface area contributed by atoms with Crippen molar-refractivity contribution in [3.05, 3.63) is 29.3 Å². The Labute approximate surface area is 96.0 Å². The molecular weight excluding hydrogens is 208 g/mol. The Bertz CT molecular complexity index is 308. The number of para-hydroxylation sites is 1. The molecule has 2 rings (SSSR count). The summed E-state index contributed by atoms with van der Waals surface area (Å²) >= 11 is 6.04. The van der Waals surface area contributed by atoms with E-state index >= 15 is 0 Å². The fourth-order valence-corrected chi connectivity index (χ4v) is 2.18. The Morgan fingerprint density at radius 2 is 2.27 bits per heavy atom. The standard InChI is InChI=1S/C12H17ClN2/c13-11-3-1-2-4-12(11)15-8-6-10-5-7-14-9-10/h1-4,10,14-15H,5-9H2. The zero-order chi connectivity index (χ0) is 10.5. The van der Waals surface area contributed by atoms with Crippen molar-refractivity contribution in [1.82, 2.24) is 5.32 Å². The normalized spacial score (nSPS) is 20.5. The van der Waals surface area contributed by atoms with Gasteiger partial charge in [-0.2, -0.15) is 0 Å². The second-order valence-electron chi connectivity index (χ2n) is 4.05. The molecule has 0 saturated carbocycles. The van der Waals surface area contributed by atoms with Crippen LogP contribution in [0.15, 0.2) is 24.3 Å². The van der Waals surface area contributed by atoms with Crippen LogP contribution in [0.3, 0.4) is 0 Å². The van der Waals surface area contributed by atoms with Gasteiger partial charge in [0.05, 0.1) is 10.7 Å². The first-order chi connectivity index (χ1) is 7.36. The van der Waals surface area contributed by atoms with Crippen molar-refractivity contribution in [2.45, 2.75) is 12.8 Å². The van der Waals surface area contributed by atoms with E-state index in [0.29, 0.717) is 0 Å². The van der Waals surface area contributed by atoms with Crippen LogP contribution in [0, 0.1) is 5.92 Å². The molecule has 2 nitrogen and oxygen atoms in total. The molecule has 1 aliphatic heterocycles. The molecule has 15 heavy (non-hydrogen) atoms. The van der Waals surface area contributed by atoms with E-state index in [1.54, 1.807) is 0 Å². The first-order valence-electron chi connectivity index (χ1n) is 5.55. The molecule has 1 atom stereocenters. The van der Waals surface area contributed by atoms with E-state index in [0.717, 1.165) is 23.2 Å². The van der Waals surface area contributed by atoms with Crippen molar-refractivity contribution >= 4 is 17.3 Å². The fourth-order valence-electron chi connectivity index (χ4n) is 1.98. The van der Waals surface area contributed by atoms with E-state index in [1.165, 1.54) is 25.9 Å². The summed E-state index contributed by atoms with van der Waals surface area (Å²) in [5.74, 6) is 0.833. The van der Waals surface area contributed by atoms with Gasteiger partial charge in [-0.3, -0.25) is 0 Å². The van der Waals surface area contributed by atoms with Gasteiger partial charge in [0, 0.05) is 6.54 Å². The highest BCUT2D eigenvalue weighted by Gasteiger charge is 2.13. The quantitative estimate of drug-likeness (QED) is 0.822. The van der Waals surface area contributed by atoms with E-state index < -0.39 is 0 Å². The molecule has 0 aromatic heterocycles. The van der Waals surface area contributed by atoms with Crippen LogP contribution in [0.4, 0.5) is 5.69 Å². The highest BCUT2D eigenvalue weighted by molar-refractivity contribution is 6.33. The fraction of sp³-hybridized carbons (Fsp3) is 0.500. The van der Waals surface area contributed by atoms with Crippen molar-refractivity contribution < 1.29 is 0 Å². The van der Waals surface area contributed by atoms with E-state index in [2.05, 4.69) is 10.6 Å². The number of hydrogen-bond acceptors (Lipinski definition) is 2. The minimum absolute atomic E-state index is 0.807. The number of hydrogen-bond donors (Lipinski definition) is 2. The van der Waals surface area contributed by atoms with Gasteiger partial charge in [-0.15, -0.1) is 0 Å². The van der Waals surface area contributed by atoms with Gasteiger partial charge >= 0.3 is 0 Å². The largest absolute Gasteiger partial charge is 0.384 e. The van der Waals surface area contributed by atoms with Gasteiger partial charge in [-0.25, -0.2) is 0 Å². The Kier molecular flexibility index (Phi) is 3.87. The molecule has 1 unspecified atom stereocenters. The van der Waals surface area contributed by atoms with Crippen LogP contribution in [-0.2, 0) is 0 Å². The van der Waals surface area contributed by atoms with Crippen LogP contribution in [0.5, 0.6) is 0 Å². The van der Waals surface area contributed by atoms with Crippen LogP contribution >= 0.6 is 11.6 Å². The van der Waals surface area contributed by atoms with Crippen LogP contribution < -0.4 is 10.6 Å². The lowest BCUT2D eigenvalue weighted by Gasteiger charge is -2.11. The summed E-state index contributed by atoms with van der Waals surface area (Å²) in [5, 5.41) is 7.57. The molecule has 0 amide bonds. The average Bonchev–Trinajstić information content (AvgIpc) is 2.74. The van der Waals surface area contributed by atoms with Crippen LogP contribution in [-0.4, -0.2) is 19.6 Å². The smallest absolute Gasteiger partial charge is 0.0637 e. The molecule has 1 aromatic rings. The second-order valence-corrected chi connectivity index (χ2v) is 4.46. The third kappa shape index (κ3) is 3.11. The minimum Gasteiger partial charge on any atom is -0.384 e. The summed E-state index contributed by atoms with van der Waals surface area (Å²) in [5.41, 5.74) is 1.05. The summed E-state index contributed by atoms with van der Waals surface area (Å²) in [4.78, 5) is 0. The highest BCUT2D eigenvalue weighted by atomic mass is 35.5. The maximum absolute atomic E-state index is 6.04. The van der Waals surface area contributed by atoms with Crippen LogP contribution in [0.2, 0.25) is 5.02 Å². The molecule has 1 heterocycles. The lowest BCUT2D eigenvalue weighted by atomic mass is 10.1. The number of benzene rings is 1. The molecule has 1 aliphatic rings. The molecule has 0 aliphatic carbocycles. The van der Waals surface area contributed by atoms with Crippen LogP contribution in [0.1, 0.15) is 12.8 Å². The Morgan fingerprint density at radius 3 is 3.00 bits per heavy atom. The van der Waals surface area contributed by atoms with Gasteiger partial charge in [0.2, 0.25) is 0 Å². The van der Waals surface area contributed by atoms with E-state index in [1.807, 2.05) is 24.3 Å². The van der Waals surface area contributed by atoms with Gasteiger partial charge in [-0.05, 0) is 44.0 Å². The molecule has 0 radical (unpaired) electrons. The van der Waals surface area contributed by atoms with Crippen molar-refractivity contribution in [3.63, 3.8) is 0 Å². The number of rotatable bonds is 4. The summed E-state index contributed by atoms with van der Waals surface area (Å²) < 4.78 is 0. The third-order valence-corrected chi connectivity index (χ3v) is 3.23. The molecule has 3 heteroatoms. The van der Waals surface area contributed by atoms with Crippen molar-refractivity contribution in [3.8, 4) is 0 Å². The predicted molar refractivity (Wildman–Crippen MR) is 65.5 cm³/mol. The second kappa shape index (κ2) is 5.38. The zero-order valence-corrected chi connectivity index (χ0v) is 9.56. The summed E-state index contributed by atoms with van der Waals surface area (Å²) in [7, 11) is 0. The van der Waals surface area contributed by atoms with E-state index in [9.17, 15) is 0 Å². The Balaban J connectivity index is 1.75. The number of nitrogens with one attached hydrogen (secondary N) is 2. The van der Waals surface area contributed by atoms with E-state index in [4.69, 9.17) is 11.6 Å². The van der Waals surface area contributed by atoms with Crippen molar-refractivity contribution in [2.75, 3.05) is 25.0 Å². The minimum atomic E-state index is 0.807. The number of halogens is 1. The topological polar surface area (TPSA) is 24.1 Å². The molecular formula is C12H17ClN2. The Morgan fingerprint density at radius 1 is 1.40 bits per heavy atom. The van der Waals surface area contributed by atoms with Gasteiger partial charge < -0.3 is 10.6 Å². The summed E-state index contributed by atoms with van der Waals surface area (Å²) in [6.07, 6.45) is 2.53. The van der Waals surface area contributed by atoms with Gasteiger partial charge in [0.25, 0.3) is 0 Å². The first-order valence-corrected chi connectivity index (χ1v) is 5.93. The van der Waals surface area contributed by atoms with Gasteiger partial charge in [0.1, 0.15) is 0 Å². The molecule has 2 N–H and O–H groups in total. The maximum atomic E-state index is 6.04. The molecule has 82 valence electrons. The molecule has 1 aromatic carbocycles. The lowest BCUT2D eigenvalue weighted by molar-refractivity contribution is 0.549. The average molecular weight is 225 g/mol. The first kappa shape index (κ1) is 10.8. The summed E-state index contributed by atoms with van der Waals surface area (Å²) in [6.45, 7) is 3.36. The predicted octanol–water partition coefficient (Wildman–Crippen LogP) is 2.75. The van der Waals surface area contributed by atoms with Crippen molar-refractivity contribution in [2.24, 2.45) is 5.92 Å². The molecule has 0 bridgehead atoms. The summed E-state index contributed by atoms with van der Waals surface area (Å²) in [6, 6.07) is 7.90. The highest BCUT2D eigenvalue weighted by Crippen LogP contribution is 2.21. The van der Waals surface area contributed by atoms with E-state index in [-0.39, 0.29) is 0 Å². The Hall–Kier alpha value is -0.730. The number of anilines is 1. The molecule has 0 spiro atoms. The van der Waals surface area contributed by atoms with Crippen LogP contribution in [0.25, 0.3) is 0 Å². The van der Waals surface area contributed by atoms with Gasteiger partial charge in [-0.1, -0.05) is 23.7 Å². The molecule has 1 saturated heterocycles.